The average Bonchev–Trinajstić information content (AvgIpc) is 2.56. The lowest BCUT2D eigenvalue weighted by Crippen LogP contribution is -2.25. The van der Waals surface area contributed by atoms with Gasteiger partial charge in [-0.3, -0.25) is 9.59 Å². The van der Waals surface area contributed by atoms with E-state index >= 15 is 0 Å². The molecule has 0 spiro atoms. The standard InChI is InChI=1S/C18H17NO4/c1-13(20)15-8-5-9-16(12-15)19-17(21)18(22)23-11-10-14-6-3-2-4-7-14/h2-9,12H,10-11H2,1H3,(H,19,21). The van der Waals surface area contributed by atoms with E-state index in [2.05, 4.69) is 5.32 Å². The molecule has 2 aromatic rings. The van der Waals surface area contributed by atoms with Crippen LogP contribution in [-0.4, -0.2) is 24.3 Å². The molecule has 118 valence electrons. The summed E-state index contributed by atoms with van der Waals surface area (Å²) in [6, 6.07) is 15.9. The zero-order valence-corrected chi connectivity index (χ0v) is 12.7. The number of ketones is 1. The number of anilines is 1. The third kappa shape index (κ3) is 5.07. The minimum atomic E-state index is -0.950. The number of benzene rings is 2. The molecule has 0 aromatic heterocycles. The van der Waals surface area contributed by atoms with Gasteiger partial charge >= 0.3 is 11.9 Å². The molecule has 0 heterocycles. The largest absolute Gasteiger partial charge is 0.458 e. The molecule has 0 aliphatic carbocycles. The third-order valence-corrected chi connectivity index (χ3v) is 3.18. The Labute approximate surface area is 134 Å². The van der Waals surface area contributed by atoms with E-state index in [4.69, 9.17) is 4.74 Å². The molecule has 5 heteroatoms. The van der Waals surface area contributed by atoms with Crippen molar-refractivity contribution in [2.24, 2.45) is 0 Å². The zero-order valence-electron chi connectivity index (χ0n) is 12.7. The van der Waals surface area contributed by atoms with Crippen molar-refractivity contribution in [1.82, 2.24) is 0 Å². The number of Topliss-reactive ketones (excluding diaryl/α,β-unsaturated/α-hetero) is 1. The van der Waals surface area contributed by atoms with E-state index in [9.17, 15) is 14.4 Å². The average molecular weight is 311 g/mol. The summed E-state index contributed by atoms with van der Waals surface area (Å²) in [5.74, 6) is -1.93. The molecule has 1 amide bonds. The molecule has 23 heavy (non-hydrogen) atoms. The van der Waals surface area contributed by atoms with Gasteiger partial charge in [0, 0.05) is 17.7 Å². The van der Waals surface area contributed by atoms with Crippen molar-refractivity contribution >= 4 is 23.3 Å². The highest BCUT2D eigenvalue weighted by molar-refractivity contribution is 6.37. The van der Waals surface area contributed by atoms with E-state index in [1.165, 1.54) is 13.0 Å². The van der Waals surface area contributed by atoms with E-state index in [0.717, 1.165) is 5.56 Å². The first-order valence-electron chi connectivity index (χ1n) is 7.19. The number of hydrogen-bond donors (Lipinski definition) is 1. The molecule has 5 nitrogen and oxygen atoms in total. The van der Waals surface area contributed by atoms with Crippen LogP contribution >= 0.6 is 0 Å². The predicted molar refractivity (Wildman–Crippen MR) is 86.2 cm³/mol. The number of rotatable bonds is 5. The number of ether oxygens (including phenoxy) is 1. The van der Waals surface area contributed by atoms with Crippen LogP contribution in [0, 0.1) is 0 Å². The highest BCUT2D eigenvalue weighted by atomic mass is 16.5. The first kappa shape index (κ1) is 16.4. The van der Waals surface area contributed by atoms with Gasteiger partial charge in [0.2, 0.25) is 0 Å². The van der Waals surface area contributed by atoms with Crippen LogP contribution in [0.1, 0.15) is 22.8 Å². The first-order chi connectivity index (χ1) is 11.1. The van der Waals surface area contributed by atoms with E-state index in [-0.39, 0.29) is 12.4 Å². The minimum Gasteiger partial charge on any atom is -0.458 e. The van der Waals surface area contributed by atoms with E-state index in [0.29, 0.717) is 17.7 Å². The third-order valence-electron chi connectivity index (χ3n) is 3.18. The number of esters is 1. The quantitative estimate of drug-likeness (QED) is 0.523. The molecule has 0 bridgehead atoms. The topological polar surface area (TPSA) is 72.5 Å². The van der Waals surface area contributed by atoms with Crippen LogP contribution in [0.5, 0.6) is 0 Å². The summed E-state index contributed by atoms with van der Waals surface area (Å²) in [5.41, 5.74) is 1.86. The summed E-state index contributed by atoms with van der Waals surface area (Å²) >= 11 is 0. The zero-order chi connectivity index (χ0) is 16.7. The van der Waals surface area contributed by atoms with Crippen LogP contribution < -0.4 is 5.32 Å². The molecule has 0 aliphatic rings. The molecule has 2 aromatic carbocycles. The van der Waals surface area contributed by atoms with Crippen molar-refractivity contribution in [2.45, 2.75) is 13.3 Å². The fourth-order valence-electron chi connectivity index (χ4n) is 1.97. The molecule has 0 saturated heterocycles. The fourth-order valence-corrected chi connectivity index (χ4v) is 1.97. The Morgan fingerprint density at radius 2 is 1.74 bits per heavy atom. The van der Waals surface area contributed by atoms with Gasteiger partial charge in [-0.25, -0.2) is 4.79 Å². The number of carbonyl (C=O) groups excluding carboxylic acids is 3. The minimum absolute atomic E-state index is 0.119. The van der Waals surface area contributed by atoms with Crippen LogP contribution in [0.2, 0.25) is 0 Å². The molecule has 0 atom stereocenters. The molecule has 0 fully saturated rings. The van der Waals surface area contributed by atoms with Crippen molar-refractivity contribution < 1.29 is 19.1 Å². The Morgan fingerprint density at radius 3 is 2.43 bits per heavy atom. The van der Waals surface area contributed by atoms with Crippen LogP contribution in [0.4, 0.5) is 5.69 Å². The van der Waals surface area contributed by atoms with Gasteiger partial charge in [-0.1, -0.05) is 42.5 Å². The highest BCUT2D eigenvalue weighted by Crippen LogP contribution is 2.11. The number of amides is 1. The lowest BCUT2D eigenvalue weighted by Gasteiger charge is -2.07. The monoisotopic (exact) mass is 311 g/mol. The molecule has 0 radical (unpaired) electrons. The van der Waals surface area contributed by atoms with Crippen LogP contribution in [0.3, 0.4) is 0 Å². The molecular formula is C18H17NO4. The van der Waals surface area contributed by atoms with Gasteiger partial charge in [0.25, 0.3) is 0 Å². The summed E-state index contributed by atoms with van der Waals surface area (Å²) in [4.78, 5) is 34.7. The fraction of sp³-hybridized carbons (Fsp3) is 0.167. The SMILES string of the molecule is CC(=O)c1cccc(NC(=O)C(=O)OCCc2ccccc2)c1. The van der Waals surface area contributed by atoms with Crippen molar-refractivity contribution in [3.05, 3.63) is 65.7 Å². The summed E-state index contributed by atoms with van der Waals surface area (Å²) < 4.78 is 4.94. The maximum atomic E-state index is 11.8. The van der Waals surface area contributed by atoms with E-state index < -0.39 is 11.9 Å². The summed E-state index contributed by atoms with van der Waals surface area (Å²) in [5, 5.41) is 2.42. The van der Waals surface area contributed by atoms with Gasteiger partial charge < -0.3 is 10.1 Å². The molecule has 0 aliphatic heterocycles. The Hall–Kier alpha value is -2.95. The maximum absolute atomic E-state index is 11.8. The van der Waals surface area contributed by atoms with Crippen molar-refractivity contribution in [3.8, 4) is 0 Å². The number of hydrogen-bond acceptors (Lipinski definition) is 4. The second-order valence-corrected chi connectivity index (χ2v) is 4.96. The molecule has 0 saturated carbocycles. The molecular weight excluding hydrogens is 294 g/mol. The van der Waals surface area contributed by atoms with Crippen molar-refractivity contribution in [1.29, 1.82) is 0 Å². The number of nitrogens with one attached hydrogen (secondary N) is 1. The Kier molecular flexibility index (Phi) is 5.63. The van der Waals surface area contributed by atoms with Gasteiger partial charge in [0.05, 0.1) is 6.61 Å². The van der Waals surface area contributed by atoms with Gasteiger partial charge in [-0.05, 0) is 24.6 Å². The Morgan fingerprint density at radius 1 is 1.00 bits per heavy atom. The van der Waals surface area contributed by atoms with Gasteiger partial charge in [-0.15, -0.1) is 0 Å². The first-order valence-corrected chi connectivity index (χ1v) is 7.19. The van der Waals surface area contributed by atoms with Crippen molar-refractivity contribution in [2.75, 3.05) is 11.9 Å². The van der Waals surface area contributed by atoms with Crippen LogP contribution in [0.15, 0.2) is 54.6 Å². The molecule has 2 rings (SSSR count). The van der Waals surface area contributed by atoms with Crippen molar-refractivity contribution in [3.63, 3.8) is 0 Å². The van der Waals surface area contributed by atoms with E-state index in [1.807, 2.05) is 30.3 Å². The second kappa shape index (κ2) is 7.89. The van der Waals surface area contributed by atoms with Crippen LogP contribution in [0.25, 0.3) is 0 Å². The smallest absolute Gasteiger partial charge is 0.397 e. The lowest BCUT2D eigenvalue weighted by atomic mass is 10.1. The van der Waals surface area contributed by atoms with Gasteiger partial charge in [-0.2, -0.15) is 0 Å². The number of carbonyl (C=O) groups is 3. The Balaban J connectivity index is 1.84. The lowest BCUT2D eigenvalue weighted by molar-refractivity contribution is -0.152. The summed E-state index contributed by atoms with van der Waals surface area (Å²) in [6.07, 6.45) is 0.541. The second-order valence-electron chi connectivity index (χ2n) is 4.96. The maximum Gasteiger partial charge on any atom is 0.397 e. The van der Waals surface area contributed by atoms with E-state index in [1.54, 1.807) is 18.2 Å². The van der Waals surface area contributed by atoms with Gasteiger partial charge in [0.1, 0.15) is 0 Å². The predicted octanol–water partition coefficient (Wildman–Crippen LogP) is 2.61. The summed E-state index contributed by atoms with van der Waals surface area (Å²) in [7, 11) is 0. The normalized spacial score (nSPS) is 9.96. The summed E-state index contributed by atoms with van der Waals surface area (Å²) in [6.45, 7) is 1.56. The van der Waals surface area contributed by atoms with Gasteiger partial charge in [0.15, 0.2) is 5.78 Å². The Bertz CT molecular complexity index is 710. The molecule has 0 unspecified atom stereocenters. The van der Waals surface area contributed by atoms with Crippen LogP contribution in [-0.2, 0) is 20.7 Å². The molecule has 1 N–H and O–H groups in total. The highest BCUT2D eigenvalue weighted by Gasteiger charge is 2.15.